The lowest BCUT2D eigenvalue weighted by molar-refractivity contribution is -0.118. The molecule has 1 aliphatic heterocycles. The van der Waals surface area contributed by atoms with Crippen molar-refractivity contribution in [1.82, 2.24) is 15.1 Å². The minimum absolute atomic E-state index is 0. The molecule has 1 amide bonds. The van der Waals surface area contributed by atoms with Crippen LogP contribution in [0, 0.1) is 6.92 Å². The van der Waals surface area contributed by atoms with Gasteiger partial charge in [-0.25, -0.2) is 0 Å². The number of aromatic nitrogens is 2. The van der Waals surface area contributed by atoms with Crippen LogP contribution >= 0.6 is 12.4 Å². The average molecular weight is 395 g/mol. The highest BCUT2D eigenvalue weighted by molar-refractivity contribution is 5.95. The van der Waals surface area contributed by atoms with Gasteiger partial charge in [-0.1, -0.05) is 0 Å². The summed E-state index contributed by atoms with van der Waals surface area (Å²) in [7, 11) is 3.59. The summed E-state index contributed by atoms with van der Waals surface area (Å²) in [6.07, 6.45) is 5.54. The Bertz CT molecular complexity index is 759. The number of carbonyl (C=O) groups excluding carboxylic acids is 1. The second kappa shape index (κ2) is 9.73. The molecular formula is C19H27ClN4O3. The third-order valence-corrected chi connectivity index (χ3v) is 4.51. The molecule has 0 aliphatic carbocycles. The number of halogens is 1. The molecule has 1 aromatic carbocycles. The third-order valence-electron chi connectivity index (χ3n) is 4.51. The molecule has 7 nitrogen and oxygen atoms in total. The van der Waals surface area contributed by atoms with Crippen LogP contribution in [-0.4, -0.2) is 42.1 Å². The number of anilines is 1. The number of benzene rings is 1. The van der Waals surface area contributed by atoms with Gasteiger partial charge in [0.1, 0.15) is 17.9 Å². The van der Waals surface area contributed by atoms with E-state index in [4.69, 9.17) is 9.47 Å². The number of likely N-dealkylation sites (N-methyl/N-ethyl adjacent to an activating group) is 1. The maximum atomic E-state index is 12.6. The normalized spacial score (nSPS) is 15.7. The summed E-state index contributed by atoms with van der Waals surface area (Å²) in [6, 6.07) is 5.26. The Balaban J connectivity index is 0.00000261. The van der Waals surface area contributed by atoms with Crippen molar-refractivity contribution >= 4 is 24.0 Å². The number of ether oxygens (including phenoxy) is 2. The fourth-order valence-corrected chi connectivity index (χ4v) is 3.09. The summed E-state index contributed by atoms with van der Waals surface area (Å²) in [5.74, 6) is 0.727. The second-order valence-corrected chi connectivity index (χ2v) is 6.57. The van der Waals surface area contributed by atoms with Gasteiger partial charge in [-0.2, -0.15) is 5.10 Å². The summed E-state index contributed by atoms with van der Waals surface area (Å²) in [6.45, 7) is 3.48. The van der Waals surface area contributed by atoms with Crippen molar-refractivity contribution in [3.8, 4) is 5.75 Å². The van der Waals surface area contributed by atoms with E-state index in [0.717, 1.165) is 48.6 Å². The molecule has 0 spiro atoms. The topological polar surface area (TPSA) is 77.4 Å². The van der Waals surface area contributed by atoms with Crippen LogP contribution in [0.3, 0.4) is 0 Å². The fraction of sp³-hybridized carbons (Fsp3) is 0.474. The standard InChI is InChI=1S/C19H26N4O3.ClH/c1-13-10-15(4-5-17(13)26-16-6-8-25-9-7-16)22-19(24)18(20-2)14-11-21-23(3)12-14;/h4-5,10-12,16,18,20H,6-9H2,1-3H3,(H,22,24);1H. The van der Waals surface area contributed by atoms with Gasteiger partial charge in [0.05, 0.1) is 19.4 Å². The van der Waals surface area contributed by atoms with Crippen LogP contribution in [0.2, 0.25) is 0 Å². The van der Waals surface area contributed by atoms with Crippen LogP contribution in [0.15, 0.2) is 30.6 Å². The van der Waals surface area contributed by atoms with E-state index in [1.54, 1.807) is 17.9 Å². The van der Waals surface area contributed by atoms with Gasteiger partial charge in [0, 0.05) is 37.3 Å². The number of nitrogens with zero attached hydrogens (tertiary/aromatic N) is 2. The van der Waals surface area contributed by atoms with Gasteiger partial charge >= 0.3 is 0 Å². The molecular weight excluding hydrogens is 368 g/mol. The summed E-state index contributed by atoms with van der Waals surface area (Å²) >= 11 is 0. The summed E-state index contributed by atoms with van der Waals surface area (Å²) in [4.78, 5) is 12.6. The van der Waals surface area contributed by atoms with Gasteiger partial charge in [-0.15, -0.1) is 12.4 Å². The molecule has 8 heteroatoms. The van der Waals surface area contributed by atoms with Gasteiger partial charge < -0.3 is 20.1 Å². The van der Waals surface area contributed by atoms with Gasteiger partial charge in [0.25, 0.3) is 0 Å². The molecule has 1 aliphatic rings. The Hall–Kier alpha value is -2.09. The van der Waals surface area contributed by atoms with E-state index in [-0.39, 0.29) is 24.4 Å². The lowest BCUT2D eigenvalue weighted by Gasteiger charge is -2.24. The molecule has 3 rings (SSSR count). The number of nitrogens with one attached hydrogen (secondary N) is 2. The highest BCUT2D eigenvalue weighted by Crippen LogP contribution is 2.26. The van der Waals surface area contributed by atoms with Crippen molar-refractivity contribution < 1.29 is 14.3 Å². The zero-order chi connectivity index (χ0) is 18.5. The van der Waals surface area contributed by atoms with Crippen molar-refractivity contribution in [3.63, 3.8) is 0 Å². The summed E-state index contributed by atoms with van der Waals surface area (Å²) in [5.41, 5.74) is 2.57. The molecule has 2 aromatic rings. The Kier molecular flexibility index (Phi) is 7.65. The highest BCUT2D eigenvalue weighted by atomic mass is 35.5. The first-order valence-corrected chi connectivity index (χ1v) is 8.88. The van der Waals surface area contributed by atoms with E-state index >= 15 is 0 Å². The monoisotopic (exact) mass is 394 g/mol. The van der Waals surface area contributed by atoms with Gasteiger partial charge in [-0.05, 0) is 37.7 Å². The number of rotatable bonds is 6. The van der Waals surface area contributed by atoms with E-state index in [9.17, 15) is 4.79 Å². The number of amides is 1. The van der Waals surface area contributed by atoms with Crippen LogP contribution in [-0.2, 0) is 16.6 Å². The number of aryl methyl sites for hydroxylation is 2. The first-order chi connectivity index (χ1) is 12.6. The first-order valence-electron chi connectivity index (χ1n) is 8.88. The van der Waals surface area contributed by atoms with E-state index in [0.29, 0.717) is 0 Å². The second-order valence-electron chi connectivity index (χ2n) is 6.57. The zero-order valence-corrected chi connectivity index (χ0v) is 16.7. The van der Waals surface area contributed by atoms with Crippen LogP contribution in [0.5, 0.6) is 5.75 Å². The molecule has 2 heterocycles. The Morgan fingerprint density at radius 1 is 1.37 bits per heavy atom. The van der Waals surface area contributed by atoms with Gasteiger partial charge in [0.15, 0.2) is 0 Å². The molecule has 0 saturated carbocycles. The van der Waals surface area contributed by atoms with Crippen molar-refractivity contribution in [1.29, 1.82) is 0 Å². The molecule has 2 N–H and O–H groups in total. The minimum Gasteiger partial charge on any atom is -0.490 e. The smallest absolute Gasteiger partial charge is 0.246 e. The zero-order valence-electron chi connectivity index (χ0n) is 15.9. The molecule has 1 unspecified atom stereocenters. The molecule has 1 fully saturated rings. The van der Waals surface area contributed by atoms with Gasteiger partial charge in [0.2, 0.25) is 5.91 Å². The third kappa shape index (κ3) is 5.45. The number of hydrogen-bond acceptors (Lipinski definition) is 5. The predicted octanol–water partition coefficient (Wildman–Crippen LogP) is 2.61. The van der Waals surface area contributed by atoms with Crippen LogP contribution in [0.25, 0.3) is 0 Å². The van der Waals surface area contributed by atoms with Crippen molar-refractivity contribution in [3.05, 3.63) is 41.7 Å². The maximum absolute atomic E-state index is 12.6. The van der Waals surface area contributed by atoms with Crippen LogP contribution in [0.1, 0.15) is 30.0 Å². The lowest BCUT2D eigenvalue weighted by Crippen LogP contribution is -2.30. The van der Waals surface area contributed by atoms with Gasteiger partial charge in [-0.3, -0.25) is 9.48 Å². The minimum atomic E-state index is -0.456. The molecule has 1 saturated heterocycles. The maximum Gasteiger partial charge on any atom is 0.246 e. The molecule has 0 radical (unpaired) electrons. The molecule has 1 atom stereocenters. The first kappa shape index (κ1) is 21.2. The lowest BCUT2D eigenvalue weighted by atomic mass is 10.1. The molecule has 0 bridgehead atoms. The summed E-state index contributed by atoms with van der Waals surface area (Å²) in [5, 5.41) is 10.1. The van der Waals surface area contributed by atoms with E-state index < -0.39 is 6.04 Å². The predicted molar refractivity (Wildman–Crippen MR) is 107 cm³/mol. The number of carbonyl (C=O) groups is 1. The molecule has 1 aromatic heterocycles. The largest absolute Gasteiger partial charge is 0.490 e. The van der Waals surface area contributed by atoms with E-state index in [1.807, 2.05) is 38.4 Å². The fourth-order valence-electron chi connectivity index (χ4n) is 3.09. The Morgan fingerprint density at radius 2 is 2.11 bits per heavy atom. The average Bonchev–Trinajstić information content (AvgIpc) is 3.05. The van der Waals surface area contributed by atoms with Crippen molar-refractivity contribution in [2.45, 2.75) is 31.9 Å². The molecule has 27 heavy (non-hydrogen) atoms. The number of hydrogen-bond donors (Lipinski definition) is 2. The van der Waals surface area contributed by atoms with E-state index in [2.05, 4.69) is 15.7 Å². The van der Waals surface area contributed by atoms with Crippen molar-refractivity contribution in [2.75, 3.05) is 25.6 Å². The summed E-state index contributed by atoms with van der Waals surface area (Å²) < 4.78 is 13.1. The molecule has 148 valence electrons. The Labute approximate surface area is 165 Å². The van der Waals surface area contributed by atoms with E-state index in [1.165, 1.54) is 0 Å². The highest BCUT2D eigenvalue weighted by Gasteiger charge is 2.21. The Morgan fingerprint density at radius 3 is 2.70 bits per heavy atom. The quantitative estimate of drug-likeness (QED) is 0.787. The van der Waals surface area contributed by atoms with Crippen LogP contribution < -0.4 is 15.4 Å². The van der Waals surface area contributed by atoms with Crippen molar-refractivity contribution in [2.24, 2.45) is 7.05 Å². The SMILES string of the molecule is CNC(C(=O)Nc1ccc(OC2CCOCC2)c(C)c1)c1cnn(C)c1.Cl. The van der Waals surface area contributed by atoms with Crippen LogP contribution in [0.4, 0.5) is 5.69 Å².